The largest absolute Gasteiger partial charge is 0.460 e. The lowest BCUT2D eigenvalue weighted by molar-refractivity contribution is -0.151. The minimum atomic E-state index is -4.21. The number of alkyl halides is 3. The van der Waals surface area contributed by atoms with Gasteiger partial charge in [0.1, 0.15) is 5.60 Å². The first-order chi connectivity index (χ1) is 8.02. The van der Waals surface area contributed by atoms with Crippen molar-refractivity contribution in [3.63, 3.8) is 0 Å². The van der Waals surface area contributed by atoms with E-state index in [0.29, 0.717) is 0 Å². The highest BCUT2D eigenvalue weighted by Gasteiger charge is 2.29. The number of esters is 1. The van der Waals surface area contributed by atoms with Crippen LogP contribution in [-0.2, 0) is 15.7 Å². The van der Waals surface area contributed by atoms with Crippen molar-refractivity contribution < 1.29 is 22.7 Å². The van der Waals surface area contributed by atoms with Gasteiger partial charge in [-0.25, -0.2) is 0 Å². The predicted octanol–water partition coefficient (Wildman–Crippen LogP) is 4.05. The van der Waals surface area contributed by atoms with E-state index in [-0.39, 0.29) is 11.6 Å². The Morgan fingerprint density at radius 1 is 1.06 bits per heavy atom. The number of ether oxygens (including phenoxy) is 1. The first kappa shape index (κ1) is 16.5. The molecule has 0 heterocycles. The highest BCUT2D eigenvalue weighted by molar-refractivity contribution is 5.66. The van der Waals surface area contributed by atoms with E-state index in [1.807, 2.05) is 20.8 Å². The van der Waals surface area contributed by atoms with Gasteiger partial charge in [-0.3, -0.25) is 4.79 Å². The van der Waals surface area contributed by atoms with Crippen molar-refractivity contribution in [2.45, 2.75) is 39.5 Å². The third-order valence-corrected chi connectivity index (χ3v) is 1.55. The van der Waals surface area contributed by atoms with E-state index < -0.39 is 11.7 Å². The van der Waals surface area contributed by atoms with Crippen molar-refractivity contribution in [1.82, 2.24) is 0 Å². The number of benzene rings is 1. The number of halogens is 3. The molecule has 2 nitrogen and oxygen atoms in total. The molecule has 0 N–H and O–H groups in total. The summed E-state index contributed by atoms with van der Waals surface area (Å²) in [6.07, 6.45) is -4.21. The van der Waals surface area contributed by atoms with Crippen LogP contribution in [0.4, 0.5) is 13.2 Å². The molecular weight excluding hydrogens is 245 g/mol. The van der Waals surface area contributed by atoms with Gasteiger partial charge in [-0.1, -0.05) is 30.3 Å². The molecule has 0 unspecified atom stereocenters. The van der Waals surface area contributed by atoms with Crippen LogP contribution >= 0.6 is 0 Å². The molecule has 0 saturated carbocycles. The summed E-state index contributed by atoms with van der Waals surface area (Å²) in [4.78, 5) is 10.2. The maximum absolute atomic E-state index is 11.8. The van der Waals surface area contributed by atoms with Crippen LogP contribution in [0, 0.1) is 0 Å². The summed E-state index contributed by atoms with van der Waals surface area (Å²) in [5.74, 6) is -0.225. The maximum Gasteiger partial charge on any atom is 0.416 e. The molecule has 18 heavy (non-hydrogen) atoms. The molecule has 1 aromatic carbocycles. The normalized spacial score (nSPS) is 11.3. The Kier molecular flexibility index (Phi) is 5.88. The molecule has 0 atom stereocenters. The minimum absolute atomic E-state index is 0.225. The van der Waals surface area contributed by atoms with Gasteiger partial charge < -0.3 is 4.74 Å². The van der Waals surface area contributed by atoms with Crippen molar-refractivity contribution in [3.8, 4) is 0 Å². The molecule has 0 aromatic heterocycles. The molecule has 5 heteroatoms. The zero-order chi connectivity index (χ0) is 14.4. The molecule has 0 fully saturated rings. The standard InChI is InChI=1S/C7H5F3.C6H12O2/c8-7(9,10)6-4-2-1-3-5-6;1-5(7)8-6(2,3)4/h1-5H;1-4H3. The molecule has 1 aromatic rings. The summed E-state index contributed by atoms with van der Waals surface area (Å²) < 4.78 is 40.2. The third kappa shape index (κ3) is 8.61. The number of carbonyl (C=O) groups is 1. The lowest BCUT2D eigenvalue weighted by atomic mass is 10.2. The van der Waals surface area contributed by atoms with Gasteiger partial charge in [0.25, 0.3) is 0 Å². The monoisotopic (exact) mass is 262 g/mol. The average molecular weight is 262 g/mol. The van der Waals surface area contributed by atoms with Crippen molar-refractivity contribution in [1.29, 1.82) is 0 Å². The van der Waals surface area contributed by atoms with Gasteiger partial charge in [-0.2, -0.15) is 13.2 Å². The van der Waals surface area contributed by atoms with Gasteiger partial charge in [0.15, 0.2) is 0 Å². The molecule has 0 aliphatic carbocycles. The second kappa shape index (κ2) is 6.42. The van der Waals surface area contributed by atoms with Gasteiger partial charge >= 0.3 is 12.1 Å². The molecule has 1 rings (SSSR count). The van der Waals surface area contributed by atoms with Crippen LogP contribution in [0.2, 0.25) is 0 Å². The lowest BCUT2D eigenvalue weighted by Crippen LogP contribution is -2.21. The number of rotatable bonds is 0. The van der Waals surface area contributed by atoms with Gasteiger partial charge in [0.2, 0.25) is 0 Å². The number of hydrogen-bond donors (Lipinski definition) is 0. The summed E-state index contributed by atoms with van der Waals surface area (Å²) in [6, 6.07) is 6.36. The molecule has 0 radical (unpaired) electrons. The summed E-state index contributed by atoms with van der Waals surface area (Å²) in [5, 5.41) is 0. The molecule has 0 amide bonds. The first-order valence-corrected chi connectivity index (χ1v) is 5.34. The van der Waals surface area contributed by atoms with Gasteiger partial charge in [0.05, 0.1) is 5.56 Å². The highest BCUT2D eigenvalue weighted by atomic mass is 19.4. The third-order valence-electron chi connectivity index (χ3n) is 1.55. The number of carbonyl (C=O) groups excluding carboxylic acids is 1. The van der Waals surface area contributed by atoms with Crippen LogP contribution in [0.1, 0.15) is 33.3 Å². The fraction of sp³-hybridized carbons (Fsp3) is 0.462. The molecule has 0 aliphatic rings. The number of hydrogen-bond acceptors (Lipinski definition) is 2. The fourth-order valence-electron chi connectivity index (χ4n) is 1.06. The van der Waals surface area contributed by atoms with E-state index in [1.165, 1.54) is 19.1 Å². The van der Waals surface area contributed by atoms with E-state index in [1.54, 1.807) is 6.07 Å². The van der Waals surface area contributed by atoms with Gasteiger partial charge in [-0.05, 0) is 20.8 Å². The van der Waals surface area contributed by atoms with Gasteiger partial charge in [0, 0.05) is 6.92 Å². The molecule has 0 saturated heterocycles. The zero-order valence-corrected chi connectivity index (χ0v) is 10.8. The Labute approximate surface area is 105 Å². The van der Waals surface area contributed by atoms with Crippen LogP contribution in [0.3, 0.4) is 0 Å². The van der Waals surface area contributed by atoms with E-state index >= 15 is 0 Å². The Morgan fingerprint density at radius 2 is 1.50 bits per heavy atom. The average Bonchev–Trinajstić information content (AvgIpc) is 2.14. The van der Waals surface area contributed by atoms with Crippen molar-refractivity contribution in [3.05, 3.63) is 35.9 Å². The second-order valence-electron chi connectivity index (χ2n) is 4.57. The van der Waals surface area contributed by atoms with E-state index in [2.05, 4.69) is 0 Å². The molecule has 102 valence electrons. The second-order valence-corrected chi connectivity index (χ2v) is 4.57. The smallest absolute Gasteiger partial charge is 0.416 e. The first-order valence-electron chi connectivity index (χ1n) is 5.34. The highest BCUT2D eigenvalue weighted by Crippen LogP contribution is 2.28. The van der Waals surface area contributed by atoms with E-state index in [4.69, 9.17) is 4.74 Å². The Morgan fingerprint density at radius 3 is 1.67 bits per heavy atom. The quantitative estimate of drug-likeness (QED) is 0.659. The van der Waals surface area contributed by atoms with Crippen LogP contribution < -0.4 is 0 Å². The maximum atomic E-state index is 11.8. The van der Waals surface area contributed by atoms with Crippen molar-refractivity contribution in [2.75, 3.05) is 0 Å². The summed E-state index contributed by atoms with van der Waals surface area (Å²) in [7, 11) is 0. The topological polar surface area (TPSA) is 26.3 Å². The predicted molar refractivity (Wildman–Crippen MR) is 63.0 cm³/mol. The molecular formula is C13H17F3O2. The molecule has 0 aliphatic heterocycles. The Hall–Kier alpha value is -1.52. The van der Waals surface area contributed by atoms with Crippen molar-refractivity contribution in [2.24, 2.45) is 0 Å². The SMILES string of the molecule is CC(=O)OC(C)(C)C.FC(F)(F)c1ccccc1. The fourth-order valence-corrected chi connectivity index (χ4v) is 1.06. The minimum Gasteiger partial charge on any atom is -0.460 e. The van der Waals surface area contributed by atoms with E-state index in [0.717, 1.165) is 12.1 Å². The van der Waals surface area contributed by atoms with Gasteiger partial charge in [-0.15, -0.1) is 0 Å². The lowest BCUT2D eigenvalue weighted by Gasteiger charge is -2.17. The van der Waals surface area contributed by atoms with E-state index in [9.17, 15) is 18.0 Å². The molecule has 0 bridgehead atoms. The van der Waals surface area contributed by atoms with Crippen molar-refractivity contribution >= 4 is 5.97 Å². The molecule has 0 spiro atoms. The Balaban J connectivity index is 0.000000331. The van der Waals surface area contributed by atoms with Crippen LogP contribution in [-0.4, -0.2) is 11.6 Å². The zero-order valence-electron chi connectivity index (χ0n) is 10.8. The van der Waals surface area contributed by atoms with Crippen LogP contribution in [0.5, 0.6) is 0 Å². The summed E-state index contributed by atoms with van der Waals surface area (Å²) in [5.41, 5.74) is -0.929. The van der Waals surface area contributed by atoms with Crippen LogP contribution in [0.15, 0.2) is 30.3 Å². The summed E-state index contributed by atoms with van der Waals surface area (Å²) in [6.45, 7) is 6.93. The Bertz CT molecular complexity index is 364. The summed E-state index contributed by atoms with van der Waals surface area (Å²) >= 11 is 0. The van der Waals surface area contributed by atoms with Crippen LogP contribution in [0.25, 0.3) is 0 Å².